The van der Waals surface area contributed by atoms with Crippen molar-refractivity contribution in [1.82, 2.24) is 5.32 Å². The molecule has 1 aromatic rings. The molecule has 0 heterocycles. The van der Waals surface area contributed by atoms with E-state index in [4.69, 9.17) is 16.7 Å². The van der Waals surface area contributed by atoms with Gasteiger partial charge in [-0.25, -0.2) is 0 Å². The van der Waals surface area contributed by atoms with Gasteiger partial charge >= 0.3 is 5.97 Å². The van der Waals surface area contributed by atoms with Gasteiger partial charge < -0.3 is 10.4 Å². The summed E-state index contributed by atoms with van der Waals surface area (Å²) in [5, 5.41) is 15.0. The molecule has 1 rings (SSSR count). The third-order valence-corrected chi connectivity index (χ3v) is 3.18. The van der Waals surface area contributed by atoms with Gasteiger partial charge in [-0.3, -0.25) is 14.9 Å². The Labute approximate surface area is 123 Å². The number of carboxylic acid groups (broad SMARTS) is 1. The molecule has 3 N–H and O–H groups in total. The summed E-state index contributed by atoms with van der Waals surface area (Å²) >= 11 is 5.95. The molecule has 2 atom stereocenters. The maximum Gasteiger partial charge on any atom is 0.320 e. The molecule has 0 saturated heterocycles. The number of rotatable bonds is 7. The van der Waals surface area contributed by atoms with Gasteiger partial charge in [0.15, 0.2) is 0 Å². The molecule has 2 unspecified atom stereocenters. The Balaban J connectivity index is 2.63. The lowest BCUT2D eigenvalue weighted by molar-refractivity contribution is -0.140. The number of hydrogen-bond acceptors (Lipinski definition) is 3. The van der Waals surface area contributed by atoms with Gasteiger partial charge in [0.2, 0.25) is 5.91 Å². The van der Waals surface area contributed by atoms with Crippen molar-refractivity contribution in [1.29, 1.82) is 0 Å². The van der Waals surface area contributed by atoms with Crippen molar-refractivity contribution in [2.75, 3.05) is 5.32 Å². The molecule has 1 aromatic carbocycles. The van der Waals surface area contributed by atoms with E-state index < -0.39 is 18.1 Å². The zero-order chi connectivity index (χ0) is 15.1. The van der Waals surface area contributed by atoms with Gasteiger partial charge in [0.25, 0.3) is 0 Å². The molecular weight excluding hydrogens is 280 g/mol. The zero-order valence-electron chi connectivity index (χ0n) is 11.5. The Morgan fingerprint density at radius 2 is 2.00 bits per heavy atom. The van der Waals surface area contributed by atoms with E-state index >= 15 is 0 Å². The Morgan fingerprint density at radius 1 is 1.35 bits per heavy atom. The van der Waals surface area contributed by atoms with E-state index in [9.17, 15) is 9.59 Å². The number of para-hydroxylation sites is 1. The van der Waals surface area contributed by atoms with Crippen molar-refractivity contribution in [2.24, 2.45) is 0 Å². The van der Waals surface area contributed by atoms with E-state index in [2.05, 4.69) is 10.6 Å². The fourth-order valence-electron chi connectivity index (χ4n) is 1.75. The van der Waals surface area contributed by atoms with Crippen molar-refractivity contribution in [3.63, 3.8) is 0 Å². The summed E-state index contributed by atoms with van der Waals surface area (Å²) in [6.45, 7) is 3.52. The van der Waals surface area contributed by atoms with Crippen molar-refractivity contribution >= 4 is 29.2 Å². The summed E-state index contributed by atoms with van der Waals surface area (Å²) in [5.74, 6) is -1.27. The lowest BCUT2D eigenvalue weighted by Crippen LogP contribution is -2.47. The molecule has 0 spiro atoms. The second-order valence-corrected chi connectivity index (χ2v) is 4.94. The van der Waals surface area contributed by atoms with Crippen LogP contribution in [0.1, 0.15) is 26.7 Å². The second kappa shape index (κ2) is 7.87. The van der Waals surface area contributed by atoms with E-state index in [1.807, 2.05) is 6.92 Å². The number of aliphatic carboxylic acids is 1. The van der Waals surface area contributed by atoms with Gasteiger partial charge in [-0.2, -0.15) is 0 Å². The predicted octanol–water partition coefficient (Wildman–Crippen LogP) is 2.51. The van der Waals surface area contributed by atoms with Crippen molar-refractivity contribution in [3.8, 4) is 0 Å². The molecule has 0 aliphatic heterocycles. The molecule has 6 heteroatoms. The molecule has 0 aliphatic rings. The van der Waals surface area contributed by atoms with E-state index in [1.54, 1.807) is 31.2 Å². The van der Waals surface area contributed by atoms with Crippen LogP contribution in [-0.4, -0.2) is 29.1 Å². The lowest BCUT2D eigenvalue weighted by atomic mass is 10.1. The number of carboxylic acids is 1. The fourth-order valence-corrected chi connectivity index (χ4v) is 1.93. The minimum absolute atomic E-state index is 0.319. The van der Waals surface area contributed by atoms with E-state index in [0.29, 0.717) is 17.1 Å². The second-order valence-electron chi connectivity index (χ2n) is 4.54. The van der Waals surface area contributed by atoms with Crippen LogP contribution in [0.2, 0.25) is 5.02 Å². The summed E-state index contributed by atoms with van der Waals surface area (Å²) in [4.78, 5) is 23.0. The molecule has 110 valence electrons. The van der Waals surface area contributed by atoms with Crippen LogP contribution in [0.3, 0.4) is 0 Å². The number of carbonyl (C=O) groups is 2. The molecule has 0 bridgehead atoms. The van der Waals surface area contributed by atoms with Crippen LogP contribution in [0.5, 0.6) is 0 Å². The topological polar surface area (TPSA) is 78.4 Å². The first-order chi connectivity index (χ1) is 9.45. The highest BCUT2D eigenvalue weighted by Gasteiger charge is 2.22. The van der Waals surface area contributed by atoms with Gasteiger partial charge in [-0.1, -0.05) is 37.1 Å². The van der Waals surface area contributed by atoms with E-state index in [0.717, 1.165) is 6.42 Å². The Hall–Kier alpha value is -1.59. The molecule has 5 nitrogen and oxygen atoms in total. The average molecular weight is 299 g/mol. The summed E-state index contributed by atoms with van der Waals surface area (Å²) in [7, 11) is 0. The summed E-state index contributed by atoms with van der Waals surface area (Å²) < 4.78 is 0. The molecule has 1 amide bonds. The van der Waals surface area contributed by atoms with Crippen molar-refractivity contribution in [3.05, 3.63) is 29.3 Å². The summed E-state index contributed by atoms with van der Waals surface area (Å²) in [6, 6.07) is 5.53. The molecule has 0 aliphatic carbocycles. The largest absolute Gasteiger partial charge is 0.480 e. The number of hydrogen-bond donors (Lipinski definition) is 3. The van der Waals surface area contributed by atoms with Gasteiger partial charge in [0.1, 0.15) is 6.04 Å². The fraction of sp³-hybridized carbons (Fsp3) is 0.429. The monoisotopic (exact) mass is 298 g/mol. The zero-order valence-corrected chi connectivity index (χ0v) is 12.3. The van der Waals surface area contributed by atoms with Crippen LogP contribution in [0.4, 0.5) is 5.69 Å². The maximum absolute atomic E-state index is 12.0. The van der Waals surface area contributed by atoms with Crippen LogP contribution in [0, 0.1) is 0 Å². The Kier molecular flexibility index (Phi) is 6.48. The number of carbonyl (C=O) groups excluding carboxylic acids is 1. The van der Waals surface area contributed by atoms with Crippen LogP contribution in [0.25, 0.3) is 0 Å². The highest BCUT2D eigenvalue weighted by molar-refractivity contribution is 6.33. The Bertz CT molecular complexity index is 479. The van der Waals surface area contributed by atoms with Gasteiger partial charge in [-0.05, 0) is 25.5 Å². The number of halogens is 1. The lowest BCUT2D eigenvalue weighted by Gasteiger charge is -2.19. The summed E-state index contributed by atoms with van der Waals surface area (Å²) in [5.41, 5.74) is 0.509. The summed E-state index contributed by atoms with van der Waals surface area (Å²) in [6.07, 6.45) is 1.20. The SMILES string of the molecule is CCCC(NC(C)C(=O)Nc1ccccc1Cl)C(=O)O. The highest BCUT2D eigenvalue weighted by atomic mass is 35.5. The number of amides is 1. The first-order valence-electron chi connectivity index (χ1n) is 6.50. The number of anilines is 1. The van der Waals surface area contributed by atoms with Crippen LogP contribution in [0.15, 0.2) is 24.3 Å². The van der Waals surface area contributed by atoms with E-state index in [-0.39, 0.29) is 5.91 Å². The maximum atomic E-state index is 12.0. The molecule has 0 aromatic heterocycles. The normalized spacial score (nSPS) is 13.6. The van der Waals surface area contributed by atoms with E-state index in [1.165, 1.54) is 0 Å². The molecular formula is C14H19ClN2O3. The first-order valence-corrected chi connectivity index (χ1v) is 6.87. The standard InChI is InChI=1S/C14H19ClN2O3/c1-3-6-12(14(19)20)16-9(2)13(18)17-11-8-5-4-7-10(11)15/h4-5,7-9,12,16H,3,6H2,1-2H3,(H,17,18)(H,19,20). The molecule has 0 fully saturated rings. The van der Waals surface area contributed by atoms with Gasteiger partial charge in [0, 0.05) is 0 Å². The highest BCUT2D eigenvalue weighted by Crippen LogP contribution is 2.20. The Morgan fingerprint density at radius 3 is 2.55 bits per heavy atom. The van der Waals surface area contributed by atoms with Crippen molar-refractivity contribution < 1.29 is 14.7 Å². The van der Waals surface area contributed by atoms with Crippen molar-refractivity contribution in [2.45, 2.75) is 38.8 Å². The minimum atomic E-state index is -0.954. The number of nitrogens with one attached hydrogen (secondary N) is 2. The van der Waals surface area contributed by atoms with Gasteiger partial charge in [0.05, 0.1) is 16.8 Å². The van der Waals surface area contributed by atoms with Gasteiger partial charge in [-0.15, -0.1) is 0 Å². The minimum Gasteiger partial charge on any atom is -0.480 e. The first kappa shape index (κ1) is 16.5. The van der Waals surface area contributed by atoms with Crippen LogP contribution >= 0.6 is 11.6 Å². The van der Waals surface area contributed by atoms with Crippen LogP contribution < -0.4 is 10.6 Å². The molecule has 20 heavy (non-hydrogen) atoms. The average Bonchev–Trinajstić information content (AvgIpc) is 2.40. The molecule has 0 saturated carbocycles. The molecule has 0 radical (unpaired) electrons. The smallest absolute Gasteiger partial charge is 0.320 e. The predicted molar refractivity (Wildman–Crippen MR) is 79.0 cm³/mol. The third-order valence-electron chi connectivity index (χ3n) is 2.85. The quantitative estimate of drug-likeness (QED) is 0.723. The van der Waals surface area contributed by atoms with Crippen LogP contribution in [-0.2, 0) is 9.59 Å². The third kappa shape index (κ3) is 4.83. The number of benzene rings is 1.